The smallest absolute Gasteiger partial charge is 0.219 e. The fourth-order valence-corrected chi connectivity index (χ4v) is 3.27. The van der Waals surface area contributed by atoms with E-state index in [4.69, 9.17) is 4.74 Å². The van der Waals surface area contributed by atoms with Gasteiger partial charge in [-0.2, -0.15) is 0 Å². The number of benzene rings is 1. The minimum absolute atomic E-state index is 0.650. The molecule has 1 aliphatic heterocycles. The van der Waals surface area contributed by atoms with E-state index in [0.29, 0.717) is 5.88 Å². The molecule has 0 unspecified atom stereocenters. The second kappa shape index (κ2) is 6.49. The minimum atomic E-state index is 0.650. The van der Waals surface area contributed by atoms with Gasteiger partial charge in [-0.25, -0.2) is 4.98 Å². The first-order chi connectivity index (χ1) is 11.8. The van der Waals surface area contributed by atoms with Crippen LogP contribution in [0.4, 0.5) is 0 Å². The molecule has 1 aliphatic rings. The second-order valence-corrected chi connectivity index (χ2v) is 6.23. The van der Waals surface area contributed by atoms with Crippen LogP contribution in [0.5, 0.6) is 11.6 Å². The SMILES string of the molecule is Cn1cccc1CN1CCc2c(cccc2Oc2ccccn2)C1. The van der Waals surface area contributed by atoms with Crippen molar-refractivity contribution in [1.82, 2.24) is 14.5 Å². The molecule has 0 saturated heterocycles. The molecule has 122 valence electrons. The van der Waals surface area contributed by atoms with Crippen LogP contribution in [0.25, 0.3) is 0 Å². The lowest BCUT2D eigenvalue weighted by molar-refractivity contribution is 0.238. The molecule has 0 aliphatic carbocycles. The molecule has 0 fully saturated rings. The van der Waals surface area contributed by atoms with Gasteiger partial charge >= 0.3 is 0 Å². The van der Waals surface area contributed by atoms with Crippen molar-refractivity contribution >= 4 is 0 Å². The van der Waals surface area contributed by atoms with Gasteiger partial charge in [-0.05, 0) is 36.2 Å². The third kappa shape index (κ3) is 3.05. The predicted octanol–water partition coefficient (Wildman–Crippen LogP) is 3.77. The van der Waals surface area contributed by atoms with Gasteiger partial charge in [-0.3, -0.25) is 4.90 Å². The van der Waals surface area contributed by atoms with Crippen molar-refractivity contribution in [2.75, 3.05) is 6.54 Å². The van der Waals surface area contributed by atoms with E-state index in [-0.39, 0.29) is 0 Å². The number of ether oxygens (including phenoxy) is 1. The van der Waals surface area contributed by atoms with Crippen molar-refractivity contribution in [3.8, 4) is 11.6 Å². The maximum Gasteiger partial charge on any atom is 0.219 e. The molecule has 3 heterocycles. The molecule has 4 nitrogen and oxygen atoms in total. The lowest BCUT2D eigenvalue weighted by Gasteiger charge is -2.29. The van der Waals surface area contributed by atoms with Crippen LogP contribution < -0.4 is 4.74 Å². The summed E-state index contributed by atoms with van der Waals surface area (Å²) in [5, 5.41) is 0. The average molecular weight is 319 g/mol. The Balaban J connectivity index is 1.52. The number of hydrogen-bond donors (Lipinski definition) is 0. The van der Waals surface area contributed by atoms with Crippen LogP contribution >= 0.6 is 0 Å². The Hall–Kier alpha value is -2.59. The Morgan fingerprint density at radius 1 is 1.08 bits per heavy atom. The Bertz CT molecular complexity index is 826. The molecular weight excluding hydrogens is 298 g/mol. The van der Waals surface area contributed by atoms with E-state index in [1.807, 2.05) is 24.3 Å². The first kappa shape index (κ1) is 15.0. The zero-order valence-electron chi connectivity index (χ0n) is 13.9. The molecule has 0 bridgehead atoms. The third-order valence-electron chi connectivity index (χ3n) is 4.59. The summed E-state index contributed by atoms with van der Waals surface area (Å²) in [6.07, 6.45) is 4.86. The molecule has 4 heteroatoms. The highest BCUT2D eigenvalue weighted by atomic mass is 16.5. The van der Waals surface area contributed by atoms with Crippen LogP contribution in [0.2, 0.25) is 0 Å². The van der Waals surface area contributed by atoms with Crippen LogP contribution in [0.15, 0.2) is 60.9 Å². The normalized spacial score (nSPS) is 14.4. The van der Waals surface area contributed by atoms with E-state index in [9.17, 15) is 0 Å². The highest BCUT2D eigenvalue weighted by molar-refractivity contribution is 5.43. The average Bonchev–Trinajstić information content (AvgIpc) is 3.01. The maximum absolute atomic E-state index is 6.00. The molecule has 0 radical (unpaired) electrons. The largest absolute Gasteiger partial charge is 0.439 e. The quantitative estimate of drug-likeness (QED) is 0.733. The van der Waals surface area contributed by atoms with Crippen LogP contribution in [0, 0.1) is 0 Å². The van der Waals surface area contributed by atoms with E-state index in [1.165, 1.54) is 16.8 Å². The summed E-state index contributed by atoms with van der Waals surface area (Å²) in [7, 11) is 2.10. The van der Waals surface area contributed by atoms with Crippen LogP contribution in [0.3, 0.4) is 0 Å². The number of fused-ring (bicyclic) bond motifs is 1. The predicted molar refractivity (Wildman–Crippen MR) is 94.0 cm³/mol. The fourth-order valence-electron chi connectivity index (χ4n) is 3.27. The Kier molecular flexibility index (Phi) is 4.05. The Morgan fingerprint density at radius 2 is 2.04 bits per heavy atom. The van der Waals surface area contributed by atoms with Crippen molar-refractivity contribution in [2.45, 2.75) is 19.5 Å². The lowest BCUT2D eigenvalue weighted by Crippen LogP contribution is -2.30. The van der Waals surface area contributed by atoms with Crippen LogP contribution in [-0.2, 0) is 26.6 Å². The van der Waals surface area contributed by atoms with Crippen LogP contribution in [0.1, 0.15) is 16.8 Å². The van der Waals surface area contributed by atoms with Crippen LogP contribution in [-0.4, -0.2) is 21.0 Å². The molecule has 0 saturated carbocycles. The lowest BCUT2D eigenvalue weighted by atomic mass is 9.98. The second-order valence-electron chi connectivity index (χ2n) is 6.23. The number of pyridine rings is 1. The third-order valence-corrected chi connectivity index (χ3v) is 4.59. The molecular formula is C20H21N3O. The summed E-state index contributed by atoms with van der Waals surface area (Å²) in [4.78, 5) is 6.75. The highest BCUT2D eigenvalue weighted by Gasteiger charge is 2.20. The molecule has 1 aromatic carbocycles. The maximum atomic E-state index is 6.00. The summed E-state index contributed by atoms with van der Waals surface area (Å²) in [5.74, 6) is 1.59. The van der Waals surface area contributed by atoms with Crippen molar-refractivity contribution < 1.29 is 4.74 Å². The van der Waals surface area contributed by atoms with Gasteiger partial charge in [0.1, 0.15) is 5.75 Å². The Morgan fingerprint density at radius 3 is 2.83 bits per heavy atom. The Labute approximate surface area is 142 Å². The van der Waals surface area contributed by atoms with Crippen molar-refractivity contribution in [2.24, 2.45) is 7.05 Å². The van der Waals surface area contributed by atoms with Crippen molar-refractivity contribution in [1.29, 1.82) is 0 Å². The number of aromatic nitrogens is 2. The molecule has 4 rings (SSSR count). The summed E-state index contributed by atoms with van der Waals surface area (Å²) in [5.41, 5.74) is 4.01. The van der Waals surface area contributed by atoms with Gasteiger partial charge in [0.2, 0.25) is 5.88 Å². The van der Waals surface area contributed by atoms with E-state index in [2.05, 4.69) is 52.0 Å². The van der Waals surface area contributed by atoms with Crippen molar-refractivity contribution in [3.05, 3.63) is 77.7 Å². The molecule has 0 N–H and O–H groups in total. The minimum Gasteiger partial charge on any atom is -0.439 e. The van der Waals surface area contributed by atoms with E-state index >= 15 is 0 Å². The molecule has 0 spiro atoms. The molecule has 3 aromatic rings. The number of hydrogen-bond acceptors (Lipinski definition) is 3. The summed E-state index contributed by atoms with van der Waals surface area (Å²) in [6.45, 7) is 2.98. The van der Waals surface area contributed by atoms with Gasteiger partial charge in [0.25, 0.3) is 0 Å². The monoisotopic (exact) mass is 319 g/mol. The highest BCUT2D eigenvalue weighted by Crippen LogP contribution is 2.31. The van der Waals surface area contributed by atoms with E-state index in [0.717, 1.165) is 31.8 Å². The van der Waals surface area contributed by atoms with Crippen molar-refractivity contribution in [3.63, 3.8) is 0 Å². The first-order valence-corrected chi connectivity index (χ1v) is 8.32. The number of nitrogens with zero attached hydrogens (tertiary/aromatic N) is 3. The van der Waals surface area contributed by atoms with Gasteiger partial charge in [0.05, 0.1) is 0 Å². The number of aryl methyl sites for hydroxylation is 1. The topological polar surface area (TPSA) is 30.3 Å². The summed E-state index contributed by atoms with van der Waals surface area (Å²) < 4.78 is 8.19. The molecule has 0 amide bonds. The molecule has 0 atom stereocenters. The van der Waals surface area contributed by atoms with Gasteiger partial charge in [0, 0.05) is 56.4 Å². The van der Waals surface area contributed by atoms with Gasteiger partial charge < -0.3 is 9.30 Å². The standard InChI is InChI=1S/C20H21N3O/c1-22-12-5-7-17(22)15-23-13-10-18-16(14-23)6-4-8-19(18)24-20-9-2-3-11-21-20/h2-9,11-12H,10,13-15H2,1H3. The molecule has 2 aromatic heterocycles. The number of rotatable bonds is 4. The van der Waals surface area contributed by atoms with Gasteiger partial charge in [-0.15, -0.1) is 0 Å². The summed E-state index contributed by atoms with van der Waals surface area (Å²) in [6, 6.07) is 16.3. The summed E-state index contributed by atoms with van der Waals surface area (Å²) >= 11 is 0. The molecule has 24 heavy (non-hydrogen) atoms. The van der Waals surface area contributed by atoms with Gasteiger partial charge in [-0.1, -0.05) is 18.2 Å². The van der Waals surface area contributed by atoms with E-state index in [1.54, 1.807) is 6.20 Å². The fraction of sp³-hybridized carbons (Fsp3) is 0.250. The zero-order chi connectivity index (χ0) is 16.4. The zero-order valence-corrected chi connectivity index (χ0v) is 13.9. The van der Waals surface area contributed by atoms with Gasteiger partial charge in [0.15, 0.2) is 0 Å². The first-order valence-electron chi connectivity index (χ1n) is 8.32. The van der Waals surface area contributed by atoms with E-state index < -0.39 is 0 Å².